The average Bonchev–Trinajstić information content (AvgIpc) is 2.85. The molecule has 0 radical (unpaired) electrons. The first-order valence-corrected chi connectivity index (χ1v) is 10.5. The van der Waals surface area contributed by atoms with E-state index in [-0.39, 0.29) is 34.6 Å². The molecule has 1 spiro atoms. The summed E-state index contributed by atoms with van der Waals surface area (Å²) in [6.45, 7) is 7.30. The number of Topliss-reactive ketones (excluding diaryl/α,β-unsaturated/α-hetero) is 1. The van der Waals surface area contributed by atoms with E-state index in [0.29, 0.717) is 27.9 Å². The molecule has 0 fully saturated rings. The van der Waals surface area contributed by atoms with Crippen LogP contribution in [0.4, 0.5) is 5.69 Å². The van der Waals surface area contributed by atoms with Crippen LogP contribution in [-0.4, -0.2) is 23.8 Å². The van der Waals surface area contributed by atoms with Crippen LogP contribution < -0.4 is 11.1 Å². The fraction of sp³-hybridized carbons (Fsp3) is 0.409. The zero-order valence-corrected chi connectivity index (χ0v) is 18.8. The van der Waals surface area contributed by atoms with Gasteiger partial charge in [0.05, 0.1) is 11.7 Å². The molecule has 7 nitrogen and oxygen atoms in total. The molecule has 0 aromatic heterocycles. The lowest BCUT2D eigenvalue weighted by Crippen LogP contribution is -2.50. The van der Waals surface area contributed by atoms with E-state index in [0.717, 1.165) is 0 Å². The van der Waals surface area contributed by atoms with E-state index >= 15 is 0 Å². The number of ketones is 1. The zero-order valence-electron chi connectivity index (χ0n) is 17.2. The number of rotatable bonds is 2. The summed E-state index contributed by atoms with van der Waals surface area (Å²) in [5, 5.41) is 2.82. The summed E-state index contributed by atoms with van der Waals surface area (Å²) in [5.74, 6) is -1.43. The van der Waals surface area contributed by atoms with E-state index in [9.17, 15) is 14.4 Å². The number of amides is 1. The summed E-state index contributed by atoms with van der Waals surface area (Å²) in [6.07, 6.45) is 0.192. The van der Waals surface area contributed by atoms with Gasteiger partial charge in [0.2, 0.25) is 11.8 Å². The minimum absolute atomic E-state index is 0.155. The molecule has 1 aromatic carbocycles. The van der Waals surface area contributed by atoms with Crippen molar-refractivity contribution in [1.29, 1.82) is 0 Å². The van der Waals surface area contributed by atoms with Crippen LogP contribution in [0.25, 0.3) is 0 Å². The van der Waals surface area contributed by atoms with Gasteiger partial charge in [-0.2, -0.15) is 0 Å². The van der Waals surface area contributed by atoms with Gasteiger partial charge in [0, 0.05) is 28.6 Å². The van der Waals surface area contributed by atoms with Crippen LogP contribution >= 0.6 is 15.9 Å². The van der Waals surface area contributed by atoms with E-state index in [1.165, 1.54) is 0 Å². The highest BCUT2D eigenvalue weighted by Gasteiger charge is 2.62. The van der Waals surface area contributed by atoms with Gasteiger partial charge in [0.15, 0.2) is 5.78 Å². The Morgan fingerprint density at radius 2 is 1.97 bits per heavy atom. The van der Waals surface area contributed by atoms with Crippen LogP contribution in [0.5, 0.6) is 0 Å². The summed E-state index contributed by atoms with van der Waals surface area (Å²) in [6, 6.07) is 5.23. The van der Waals surface area contributed by atoms with Crippen LogP contribution in [0.2, 0.25) is 0 Å². The number of nitrogens with one attached hydrogen (secondary N) is 1. The van der Waals surface area contributed by atoms with Crippen molar-refractivity contribution in [2.24, 2.45) is 11.1 Å². The van der Waals surface area contributed by atoms with Gasteiger partial charge in [-0.3, -0.25) is 9.59 Å². The maximum absolute atomic E-state index is 13.6. The standard InChI is InChI=1S/C22H23BrN2O5/c1-10(2)29-19(27)17-18(24)30-15-9-21(3,4)8-14(26)16(15)22(17)12-7-11(23)5-6-13(12)25-20(22)28/h5-7,10H,8-9,24H2,1-4H3,(H,25,28). The number of hydrogen-bond donors (Lipinski definition) is 2. The number of esters is 1. The SMILES string of the molecule is CC(C)OC(=O)C1=C(N)OC2=C(C(=O)CC(C)(C)C2)C12C(=O)Nc1ccc(Br)cc12. The lowest BCUT2D eigenvalue weighted by Gasteiger charge is -2.42. The summed E-state index contributed by atoms with van der Waals surface area (Å²) in [7, 11) is 0. The number of carbonyl (C=O) groups excluding carboxylic acids is 3. The number of ether oxygens (including phenoxy) is 2. The lowest BCUT2D eigenvalue weighted by atomic mass is 9.62. The molecule has 2 aliphatic heterocycles. The molecule has 0 saturated carbocycles. The number of hydrogen-bond acceptors (Lipinski definition) is 6. The van der Waals surface area contributed by atoms with Crippen molar-refractivity contribution in [1.82, 2.24) is 0 Å². The second kappa shape index (κ2) is 6.70. The van der Waals surface area contributed by atoms with Gasteiger partial charge in [-0.05, 0) is 37.5 Å². The molecule has 1 unspecified atom stereocenters. The molecule has 0 saturated heterocycles. The second-order valence-electron chi connectivity index (χ2n) is 8.93. The number of carbonyl (C=O) groups is 3. The third-order valence-electron chi connectivity index (χ3n) is 5.59. The molecule has 1 amide bonds. The topological polar surface area (TPSA) is 108 Å². The summed E-state index contributed by atoms with van der Waals surface area (Å²) in [5.41, 5.74) is 5.16. The average molecular weight is 475 g/mol. The number of benzene rings is 1. The minimum Gasteiger partial charge on any atom is -0.459 e. The van der Waals surface area contributed by atoms with Crippen molar-refractivity contribution in [3.05, 3.63) is 51.0 Å². The van der Waals surface area contributed by atoms with E-state index in [1.807, 2.05) is 13.8 Å². The quantitative estimate of drug-likeness (QED) is 0.635. The van der Waals surface area contributed by atoms with Crippen molar-refractivity contribution < 1.29 is 23.9 Å². The normalized spacial score (nSPS) is 24.6. The van der Waals surface area contributed by atoms with Gasteiger partial charge in [-0.25, -0.2) is 4.79 Å². The summed E-state index contributed by atoms with van der Waals surface area (Å²) < 4.78 is 11.9. The molecule has 1 aromatic rings. The van der Waals surface area contributed by atoms with Crippen molar-refractivity contribution in [2.75, 3.05) is 5.32 Å². The molecule has 1 atom stereocenters. The highest BCUT2D eigenvalue weighted by atomic mass is 79.9. The summed E-state index contributed by atoms with van der Waals surface area (Å²) in [4.78, 5) is 40.1. The van der Waals surface area contributed by atoms with Crippen LogP contribution in [-0.2, 0) is 29.3 Å². The Bertz CT molecular complexity index is 1070. The van der Waals surface area contributed by atoms with Gasteiger partial charge in [-0.15, -0.1) is 0 Å². The molecule has 0 bridgehead atoms. The highest BCUT2D eigenvalue weighted by Crippen LogP contribution is 2.56. The highest BCUT2D eigenvalue weighted by molar-refractivity contribution is 9.10. The molecular weight excluding hydrogens is 452 g/mol. The number of nitrogens with two attached hydrogens (primary N) is 1. The molecule has 8 heteroatoms. The van der Waals surface area contributed by atoms with Gasteiger partial charge in [-0.1, -0.05) is 29.8 Å². The molecule has 3 aliphatic rings. The lowest BCUT2D eigenvalue weighted by molar-refractivity contribution is -0.145. The predicted molar refractivity (Wildman–Crippen MR) is 113 cm³/mol. The van der Waals surface area contributed by atoms with Crippen LogP contribution in [0.3, 0.4) is 0 Å². The fourth-order valence-corrected chi connectivity index (χ4v) is 4.92. The minimum atomic E-state index is -1.71. The monoisotopic (exact) mass is 474 g/mol. The van der Waals surface area contributed by atoms with E-state index < -0.39 is 23.4 Å². The van der Waals surface area contributed by atoms with Crippen LogP contribution in [0, 0.1) is 5.41 Å². The third-order valence-corrected chi connectivity index (χ3v) is 6.08. The van der Waals surface area contributed by atoms with Crippen molar-refractivity contribution in [3.8, 4) is 0 Å². The Labute approximate surface area is 182 Å². The van der Waals surface area contributed by atoms with Gasteiger partial charge in [0.25, 0.3) is 0 Å². The maximum Gasteiger partial charge on any atom is 0.341 e. The first-order valence-electron chi connectivity index (χ1n) is 9.75. The van der Waals surface area contributed by atoms with E-state index in [4.69, 9.17) is 15.2 Å². The second-order valence-corrected chi connectivity index (χ2v) is 9.84. The van der Waals surface area contributed by atoms with Crippen LogP contribution in [0.15, 0.2) is 45.5 Å². The van der Waals surface area contributed by atoms with Crippen molar-refractivity contribution in [2.45, 2.75) is 52.1 Å². The van der Waals surface area contributed by atoms with Crippen molar-refractivity contribution in [3.63, 3.8) is 0 Å². The maximum atomic E-state index is 13.6. The largest absolute Gasteiger partial charge is 0.459 e. The zero-order chi connectivity index (χ0) is 22.0. The van der Waals surface area contributed by atoms with Crippen molar-refractivity contribution >= 4 is 39.3 Å². The molecule has 2 heterocycles. The number of allylic oxidation sites excluding steroid dienone is 1. The smallest absolute Gasteiger partial charge is 0.341 e. The number of fused-ring (bicyclic) bond motifs is 3. The Kier molecular flexibility index (Phi) is 4.61. The first-order chi connectivity index (χ1) is 14.0. The molecule has 1 aliphatic carbocycles. The number of anilines is 1. The number of halogens is 1. The summed E-state index contributed by atoms with van der Waals surface area (Å²) >= 11 is 3.43. The first kappa shape index (κ1) is 20.7. The third kappa shape index (κ3) is 2.88. The predicted octanol–water partition coefficient (Wildman–Crippen LogP) is 3.43. The van der Waals surface area contributed by atoms with Gasteiger partial charge in [0.1, 0.15) is 16.7 Å². The molecular formula is C22H23BrN2O5. The Morgan fingerprint density at radius 1 is 1.27 bits per heavy atom. The van der Waals surface area contributed by atoms with Gasteiger partial charge >= 0.3 is 5.97 Å². The van der Waals surface area contributed by atoms with E-state index in [1.54, 1.807) is 32.0 Å². The molecule has 3 N–H and O–H groups in total. The molecule has 30 heavy (non-hydrogen) atoms. The fourth-order valence-electron chi connectivity index (χ4n) is 4.56. The molecule has 4 rings (SSSR count). The Balaban J connectivity index is 2.06. The van der Waals surface area contributed by atoms with Gasteiger partial charge < -0.3 is 20.5 Å². The van der Waals surface area contributed by atoms with E-state index in [2.05, 4.69) is 21.2 Å². The Hall–Kier alpha value is -2.61. The van der Waals surface area contributed by atoms with Crippen LogP contribution in [0.1, 0.15) is 46.1 Å². The Morgan fingerprint density at radius 3 is 2.63 bits per heavy atom. The molecule has 158 valence electrons.